The molecule has 0 amide bonds. The van der Waals surface area contributed by atoms with E-state index in [1.807, 2.05) is 0 Å². The maximum Gasteiger partial charge on any atom is 0.252 e. The van der Waals surface area contributed by atoms with Crippen LogP contribution in [-0.4, -0.2) is 43.9 Å². The van der Waals surface area contributed by atoms with Gasteiger partial charge < -0.3 is 0 Å². The van der Waals surface area contributed by atoms with Crippen LogP contribution in [0.4, 0.5) is 8.78 Å². The van der Waals surface area contributed by atoms with Crippen molar-refractivity contribution in [3.63, 3.8) is 0 Å². The van der Waals surface area contributed by atoms with Gasteiger partial charge in [0.25, 0.3) is 6.43 Å². The highest BCUT2D eigenvalue weighted by molar-refractivity contribution is 7.89. The third kappa shape index (κ3) is 5.36. The molecule has 0 aromatic rings. The Kier molecular flexibility index (Phi) is 6.81. The molecule has 0 radical (unpaired) electrons. The first-order valence-electron chi connectivity index (χ1n) is 6.27. The SMILES string of the molecule is O=S(=O)(CC1CCCCC1)N(CCCl)CC(F)F. The molecule has 0 heterocycles. The summed E-state index contributed by atoms with van der Waals surface area (Å²) in [5.41, 5.74) is 0. The number of sulfonamides is 1. The number of alkyl halides is 3. The third-order valence-electron chi connectivity index (χ3n) is 3.24. The van der Waals surface area contributed by atoms with E-state index in [9.17, 15) is 17.2 Å². The predicted octanol–water partition coefficient (Wildman–Crippen LogP) is 2.70. The van der Waals surface area contributed by atoms with Crippen LogP contribution in [0.3, 0.4) is 0 Å². The van der Waals surface area contributed by atoms with E-state index in [4.69, 9.17) is 11.6 Å². The highest BCUT2D eigenvalue weighted by Gasteiger charge is 2.28. The number of hydrogen-bond acceptors (Lipinski definition) is 2. The molecule has 0 spiro atoms. The van der Waals surface area contributed by atoms with E-state index in [1.165, 1.54) is 0 Å². The molecule has 3 nitrogen and oxygen atoms in total. The minimum absolute atomic E-state index is 0.0173. The average molecular weight is 304 g/mol. The summed E-state index contributed by atoms with van der Waals surface area (Å²) in [6.45, 7) is -0.789. The normalized spacial score (nSPS) is 18.7. The van der Waals surface area contributed by atoms with Gasteiger partial charge >= 0.3 is 0 Å². The van der Waals surface area contributed by atoms with E-state index in [2.05, 4.69) is 0 Å². The number of nitrogens with zero attached hydrogens (tertiary/aromatic N) is 1. The fourth-order valence-corrected chi connectivity index (χ4v) is 4.50. The van der Waals surface area contributed by atoms with Crippen molar-refractivity contribution < 1.29 is 17.2 Å². The molecule has 1 aliphatic rings. The van der Waals surface area contributed by atoms with Crippen molar-refractivity contribution in [3.8, 4) is 0 Å². The predicted molar refractivity (Wildman–Crippen MR) is 68.7 cm³/mol. The molecule has 1 fully saturated rings. The van der Waals surface area contributed by atoms with Crippen molar-refractivity contribution in [3.05, 3.63) is 0 Å². The van der Waals surface area contributed by atoms with Crippen LogP contribution in [-0.2, 0) is 10.0 Å². The lowest BCUT2D eigenvalue weighted by Crippen LogP contribution is -2.39. The van der Waals surface area contributed by atoms with Gasteiger partial charge in [-0.1, -0.05) is 19.3 Å². The quantitative estimate of drug-likeness (QED) is 0.678. The van der Waals surface area contributed by atoms with E-state index in [0.717, 1.165) is 36.4 Å². The Hall–Kier alpha value is 0.0600. The molecule has 0 unspecified atom stereocenters. The van der Waals surface area contributed by atoms with Gasteiger partial charge in [0, 0.05) is 12.4 Å². The van der Waals surface area contributed by atoms with Gasteiger partial charge in [-0.3, -0.25) is 0 Å². The maximum absolute atomic E-state index is 12.4. The molecule has 0 bridgehead atoms. The zero-order valence-electron chi connectivity index (χ0n) is 10.3. The van der Waals surface area contributed by atoms with Gasteiger partial charge in [-0.25, -0.2) is 17.2 Å². The highest BCUT2D eigenvalue weighted by Crippen LogP contribution is 2.26. The summed E-state index contributed by atoms with van der Waals surface area (Å²) >= 11 is 5.48. The Morgan fingerprint density at radius 1 is 1.22 bits per heavy atom. The smallest absolute Gasteiger partial charge is 0.212 e. The van der Waals surface area contributed by atoms with Gasteiger partial charge in [0.05, 0.1) is 12.3 Å². The summed E-state index contributed by atoms with van der Waals surface area (Å²) in [6, 6.07) is 0. The van der Waals surface area contributed by atoms with Crippen LogP contribution in [0.1, 0.15) is 32.1 Å². The Bertz CT molecular complexity index is 332. The zero-order chi connectivity index (χ0) is 13.6. The van der Waals surface area contributed by atoms with Crippen LogP contribution < -0.4 is 0 Å². The summed E-state index contributed by atoms with van der Waals surface area (Å²) in [5, 5.41) is 0. The fourth-order valence-electron chi connectivity index (χ4n) is 2.35. The van der Waals surface area contributed by atoms with Gasteiger partial charge in [-0.05, 0) is 18.8 Å². The number of rotatable bonds is 7. The lowest BCUT2D eigenvalue weighted by atomic mass is 9.91. The monoisotopic (exact) mass is 303 g/mol. The molecule has 0 aliphatic heterocycles. The van der Waals surface area contributed by atoms with E-state index in [-0.39, 0.29) is 24.1 Å². The van der Waals surface area contributed by atoms with Crippen LogP contribution in [0.25, 0.3) is 0 Å². The van der Waals surface area contributed by atoms with Crippen molar-refractivity contribution in [2.75, 3.05) is 24.7 Å². The second-order valence-corrected chi connectivity index (χ2v) is 7.11. The molecular formula is C11H20ClF2NO2S. The van der Waals surface area contributed by atoms with Crippen molar-refractivity contribution in [2.24, 2.45) is 5.92 Å². The minimum Gasteiger partial charge on any atom is -0.212 e. The van der Waals surface area contributed by atoms with Crippen molar-refractivity contribution in [1.82, 2.24) is 4.31 Å². The molecule has 1 rings (SSSR count). The van der Waals surface area contributed by atoms with Gasteiger partial charge in [-0.2, -0.15) is 4.31 Å². The van der Waals surface area contributed by atoms with Gasteiger partial charge in [-0.15, -0.1) is 11.6 Å². The molecule has 0 aromatic carbocycles. The number of halogens is 3. The van der Waals surface area contributed by atoms with Gasteiger partial charge in [0.15, 0.2) is 0 Å². The summed E-state index contributed by atoms with van der Waals surface area (Å²) in [6.07, 6.45) is 2.30. The first-order chi connectivity index (χ1) is 8.45. The lowest BCUT2D eigenvalue weighted by Gasteiger charge is -2.26. The first-order valence-corrected chi connectivity index (χ1v) is 8.42. The van der Waals surface area contributed by atoms with E-state index >= 15 is 0 Å². The third-order valence-corrected chi connectivity index (χ3v) is 5.42. The van der Waals surface area contributed by atoms with E-state index < -0.39 is 23.0 Å². The van der Waals surface area contributed by atoms with Crippen molar-refractivity contribution in [2.45, 2.75) is 38.5 Å². The summed E-state index contributed by atoms with van der Waals surface area (Å²) in [5.74, 6) is 0.131. The van der Waals surface area contributed by atoms with Crippen LogP contribution in [0.15, 0.2) is 0 Å². The number of hydrogen-bond donors (Lipinski definition) is 0. The molecule has 0 atom stereocenters. The molecule has 1 saturated carbocycles. The van der Waals surface area contributed by atoms with Crippen LogP contribution >= 0.6 is 11.6 Å². The van der Waals surface area contributed by atoms with Crippen LogP contribution in [0.5, 0.6) is 0 Å². The van der Waals surface area contributed by atoms with E-state index in [1.54, 1.807) is 0 Å². The van der Waals surface area contributed by atoms with Crippen LogP contribution in [0, 0.1) is 5.92 Å². The second-order valence-electron chi connectivity index (χ2n) is 4.72. The van der Waals surface area contributed by atoms with E-state index in [0.29, 0.717) is 0 Å². The maximum atomic E-state index is 12.4. The zero-order valence-corrected chi connectivity index (χ0v) is 11.9. The molecule has 0 aromatic heterocycles. The summed E-state index contributed by atoms with van der Waals surface area (Å²) in [7, 11) is -3.61. The molecule has 1 aliphatic carbocycles. The highest BCUT2D eigenvalue weighted by atomic mass is 35.5. The average Bonchev–Trinajstić information content (AvgIpc) is 2.28. The standard InChI is InChI=1S/C11H20ClF2NO2S/c12-6-7-15(8-11(13)14)18(16,17)9-10-4-2-1-3-5-10/h10-11H,1-9H2. The van der Waals surface area contributed by atoms with Crippen molar-refractivity contribution >= 4 is 21.6 Å². The summed E-state index contributed by atoms with van der Waals surface area (Å²) in [4.78, 5) is 0. The topological polar surface area (TPSA) is 37.4 Å². The first kappa shape index (κ1) is 16.1. The molecule has 108 valence electrons. The van der Waals surface area contributed by atoms with Crippen molar-refractivity contribution in [1.29, 1.82) is 0 Å². The molecule has 0 N–H and O–H groups in total. The Morgan fingerprint density at radius 3 is 2.33 bits per heavy atom. The largest absolute Gasteiger partial charge is 0.252 e. The molecule has 18 heavy (non-hydrogen) atoms. The Labute approximate surface area is 113 Å². The summed E-state index contributed by atoms with van der Waals surface area (Å²) < 4.78 is 49.7. The lowest BCUT2D eigenvalue weighted by molar-refractivity contribution is 0.121. The molecule has 0 saturated heterocycles. The van der Waals surface area contributed by atoms with Gasteiger partial charge in [0.2, 0.25) is 10.0 Å². The van der Waals surface area contributed by atoms with Gasteiger partial charge in [0.1, 0.15) is 0 Å². The molecule has 7 heteroatoms. The fraction of sp³-hybridized carbons (Fsp3) is 1.00. The van der Waals surface area contributed by atoms with Crippen LogP contribution in [0.2, 0.25) is 0 Å². The molecular weight excluding hydrogens is 284 g/mol. The second kappa shape index (κ2) is 7.60. The Balaban J connectivity index is 2.61. The minimum atomic E-state index is -3.61. The Morgan fingerprint density at radius 2 is 1.83 bits per heavy atom.